The molecule has 0 nitrogen and oxygen atoms in total. The molecule has 0 atom stereocenters. The van der Waals surface area contributed by atoms with E-state index in [9.17, 15) is 0 Å². The predicted molar refractivity (Wildman–Crippen MR) is 95.0 cm³/mol. The lowest BCUT2D eigenvalue weighted by Gasteiger charge is -2.18. The molecular weight excluding hydrogens is 304 g/mol. The summed E-state index contributed by atoms with van der Waals surface area (Å²) < 4.78 is 0. The van der Waals surface area contributed by atoms with Gasteiger partial charge in [-0.1, -0.05) is 55.1 Å². The zero-order valence-corrected chi connectivity index (χ0v) is 14.1. The highest BCUT2D eigenvalue weighted by Gasteiger charge is 2.37. The largest absolute Gasteiger partial charge is 0.180 e. The fourth-order valence-corrected chi connectivity index (χ4v) is 6.50. The maximum atomic E-state index is 2.31. The normalized spacial score (nSPS) is 13.5. The quantitative estimate of drug-likeness (QED) is 0.420. The Kier molecular flexibility index (Phi) is 3.73. The van der Waals surface area contributed by atoms with Gasteiger partial charge in [0.2, 0.25) is 0 Å². The molecule has 0 saturated carbocycles. The van der Waals surface area contributed by atoms with Crippen molar-refractivity contribution in [3.05, 3.63) is 78.4 Å². The molecule has 0 saturated heterocycles. The number of hydrogen-bond acceptors (Lipinski definition) is 1. The van der Waals surface area contributed by atoms with E-state index in [1.807, 2.05) is 11.8 Å². The van der Waals surface area contributed by atoms with Crippen molar-refractivity contribution in [1.82, 2.24) is 0 Å². The zero-order valence-electron chi connectivity index (χ0n) is 12.5. The monoisotopic (exact) mass is 321 g/mol. The molecule has 0 spiro atoms. The highest BCUT2D eigenvalue weighted by molar-refractivity contribution is 8.04. The third-order valence-corrected chi connectivity index (χ3v) is 7.67. The Bertz CT molecular complexity index is 760. The smallest absolute Gasteiger partial charge is 0.0795 e. The van der Waals surface area contributed by atoms with Crippen molar-refractivity contribution in [2.24, 2.45) is 0 Å². The lowest BCUT2D eigenvalue weighted by molar-refractivity contribution is 1.11. The molecule has 3 aromatic rings. The van der Waals surface area contributed by atoms with Crippen LogP contribution in [0.2, 0.25) is 0 Å². The minimum Gasteiger partial charge on any atom is -0.0795 e. The first-order chi connectivity index (χ1) is 10.9. The van der Waals surface area contributed by atoms with Crippen LogP contribution in [0.3, 0.4) is 0 Å². The second kappa shape index (κ2) is 5.86. The van der Waals surface area contributed by atoms with Gasteiger partial charge in [0, 0.05) is 0 Å². The van der Waals surface area contributed by atoms with Crippen LogP contribution in [0, 0.1) is 0 Å². The number of fused-ring (bicyclic) bond motifs is 2. The summed E-state index contributed by atoms with van der Waals surface area (Å²) in [5.74, 6) is 0. The lowest BCUT2D eigenvalue weighted by atomic mass is 10.2. The summed E-state index contributed by atoms with van der Waals surface area (Å²) in [6.45, 7) is 2.21. The van der Waals surface area contributed by atoms with Gasteiger partial charge in [0.05, 0.1) is 9.79 Å². The van der Waals surface area contributed by atoms with Crippen LogP contribution in [-0.4, -0.2) is 0 Å². The molecule has 0 N–H and O–H groups in total. The first-order valence-electron chi connectivity index (χ1n) is 7.56. The van der Waals surface area contributed by atoms with Crippen LogP contribution < -0.4 is 0 Å². The average Bonchev–Trinajstić information content (AvgIpc) is 2.60. The molecule has 2 heteroatoms. The van der Waals surface area contributed by atoms with E-state index in [-0.39, 0.29) is 10.9 Å². The first-order valence-corrected chi connectivity index (χ1v) is 9.60. The Balaban J connectivity index is 1.90. The van der Waals surface area contributed by atoms with Crippen molar-refractivity contribution < 1.29 is 0 Å². The third kappa shape index (κ3) is 2.37. The van der Waals surface area contributed by atoms with Crippen molar-refractivity contribution in [2.75, 3.05) is 0 Å². The van der Waals surface area contributed by atoms with E-state index >= 15 is 0 Å². The summed E-state index contributed by atoms with van der Waals surface area (Å²) in [4.78, 5) is 7.11. The molecule has 0 radical (unpaired) electrons. The van der Waals surface area contributed by atoms with Crippen LogP contribution in [0.1, 0.15) is 12.5 Å². The molecule has 3 aromatic carbocycles. The van der Waals surface area contributed by atoms with E-state index in [0.29, 0.717) is 0 Å². The highest BCUT2D eigenvalue weighted by atomic mass is 32.2. The van der Waals surface area contributed by atoms with Gasteiger partial charge in [-0.05, 0) is 48.4 Å². The van der Waals surface area contributed by atoms with Crippen molar-refractivity contribution in [3.8, 4) is 0 Å². The van der Waals surface area contributed by atoms with E-state index in [1.165, 1.54) is 30.0 Å². The van der Waals surface area contributed by atoms with Crippen LogP contribution in [0.15, 0.2) is 97.3 Å². The van der Waals surface area contributed by atoms with Crippen molar-refractivity contribution in [1.29, 1.82) is 0 Å². The highest BCUT2D eigenvalue weighted by Crippen LogP contribution is 2.47. The van der Waals surface area contributed by atoms with Gasteiger partial charge in [0.1, 0.15) is 10.9 Å². The summed E-state index contributed by atoms with van der Waals surface area (Å²) in [7, 11) is 0.0110. The lowest BCUT2D eigenvalue weighted by Crippen LogP contribution is -2.10. The maximum Gasteiger partial charge on any atom is 0.180 e. The Morgan fingerprint density at radius 1 is 0.727 bits per heavy atom. The van der Waals surface area contributed by atoms with E-state index in [1.54, 1.807) is 0 Å². The summed E-state index contributed by atoms with van der Waals surface area (Å²) in [6.07, 6.45) is 1.09. The second-order valence-electron chi connectivity index (χ2n) is 5.30. The molecule has 108 valence electrons. The Morgan fingerprint density at radius 3 is 1.82 bits per heavy atom. The minimum absolute atomic E-state index is 0.0110. The molecule has 0 bridgehead atoms. The molecule has 1 aliphatic heterocycles. The van der Waals surface area contributed by atoms with Crippen LogP contribution in [0.4, 0.5) is 0 Å². The van der Waals surface area contributed by atoms with Crippen LogP contribution in [0.5, 0.6) is 0 Å². The van der Waals surface area contributed by atoms with Crippen molar-refractivity contribution in [3.63, 3.8) is 0 Å². The van der Waals surface area contributed by atoms with E-state index < -0.39 is 0 Å². The predicted octanol–water partition coefficient (Wildman–Crippen LogP) is 5.81. The fraction of sp³-hybridized carbons (Fsp3) is 0.100. The fourth-order valence-electron chi connectivity index (χ4n) is 2.76. The molecule has 4 rings (SSSR count). The van der Waals surface area contributed by atoms with Gasteiger partial charge in [-0.25, -0.2) is 0 Å². The standard InChI is InChI=1S/C20H17S2/c1-2-15-11-13-16(14-12-15)22-19-9-5-3-7-17(19)21-18-8-4-6-10-20(18)22/h3-14H,2H2,1H3/q+1. The molecule has 22 heavy (non-hydrogen) atoms. The second-order valence-corrected chi connectivity index (χ2v) is 8.35. The summed E-state index contributed by atoms with van der Waals surface area (Å²) in [5, 5.41) is 0. The first kappa shape index (κ1) is 14.0. The van der Waals surface area contributed by atoms with Gasteiger partial charge >= 0.3 is 0 Å². The number of rotatable bonds is 2. The van der Waals surface area contributed by atoms with Gasteiger partial charge < -0.3 is 0 Å². The van der Waals surface area contributed by atoms with E-state index in [0.717, 1.165) is 6.42 Å². The Labute approximate surface area is 138 Å². The summed E-state index contributed by atoms with van der Waals surface area (Å²) in [5.41, 5.74) is 1.40. The number of aryl methyl sites for hydroxylation is 1. The molecule has 1 heterocycles. The topological polar surface area (TPSA) is 0 Å². The molecule has 0 amide bonds. The molecular formula is C20H17S2+. The Morgan fingerprint density at radius 2 is 1.27 bits per heavy atom. The third-order valence-electron chi connectivity index (χ3n) is 3.93. The van der Waals surface area contributed by atoms with Crippen LogP contribution >= 0.6 is 11.8 Å². The molecule has 0 unspecified atom stereocenters. The van der Waals surface area contributed by atoms with Gasteiger partial charge in [-0.15, -0.1) is 0 Å². The molecule has 1 aliphatic rings. The molecule has 0 fully saturated rings. The number of hydrogen-bond donors (Lipinski definition) is 0. The van der Waals surface area contributed by atoms with Gasteiger partial charge in [-0.3, -0.25) is 0 Å². The summed E-state index contributed by atoms with van der Waals surface area (Å²) >= 11 is 1.90. The van der Waals surface area contributed by atoms with Gasteiger partial charge in [0.25, 0.3) is 0 Å². The van der Waals surface area contributed by atoms with Gasteiger partial charge in [-0.2, -0.15) is 0 Å². The minimum atomic E-state index is 0.0110. The SMILES string of the molecule is CCc1ccc([S+]2c3ccccc3Sc3ccccc32)cc1. The van der Waals surface area contributed by atoms with Crippen molar-refractivity contribution in [2.45, 2.75) is 37.8 Å². The zero-order chi connectivity index (χ0) is 14.9. The Hall–Kier alpha value is -1.64. The molecule has 0 aliphatic carbocycles. The van der Waals surface area contributed by atoms with Gasteiger partial charge in [0.15, 0.2) is 14.7 Å². The maximum absolute atomic E-state index is 2.31. The molecule has 0 aromatic heterocycles. The summed E-state index contributed by atoms with van der Waals surface area (Å²) in [6, 6.07) is 26.8. The van der Waals surface area contributed by atoms with E-state index in [2.05, 4.69) is 79.7 Å². The average molecular weight is 321 g/mol. The number of benzene rings is 3. The van der Waals surface area contributed by atoms with Crippen LogP contribution in [-0.2, 0) is 17.3 Å². The van der Waals surface area contributed by atoms with E-state index in [4.69, 9.17) is 0 Å². The van der Waals surface area contributed by atoms with Crippen LogP contribution in [0.25, 0.3) is 0 Å². The van der Waals surface area contributed by atoms with Crippen molar-refractivity contribution >= 4 is 22.7 Å².